The van der Waals surface area contributed by atoms with Gasteiger partial charge >= 0.3 is 0 Å². The zero-order valence-electron chi connectivity index (χ0n) is 6.52. The fourth-order valence-electron chi connectivity index (χ4n) is 1.10. The molecule has 0 aliphatic rings. The largest absolute Gasteiger partial charge is 0.220 e. The Morgan fingerprint density at radius 3 is 3.17 bits per heavy atom. The molecule has 2 aromatic rings. The highest BCUT2D eigenvalue weighted by atomic mass is 15.3. The number of nitrogens with zero attached hydrogens (tertiary/aromatic N) is 4. The van der Waals surface area contributed by atoms with Crippen molar-refractivity contribution in [3.8, 4) is 6.07 Å². The van der Waals surface area contributed by atoms with Crippen molar-refractivity contribution in [3.63, 3.8) is 0 Å². The van der Waals surface area contributed by atoms with Crippen molar-refractivity contribution >= 4 is 5.65 Å². The lowest BCUT2D eigenvalue weighted by atomic mass is 10.3. The Labute approximate surface area is 69.1 Å². The van der Waals surface area contributed by atoms with Gasteiger partial charge < -0.3 is 0 Å². The second-order valence-electron chi connectivity index (χ2n) is 2.46. The molecule has 0 saturated heterocycles. The van der Waals surface area contributed by atoms with Gasteiger partial charge in [-0.1, -0.05) is 0 Å². The summed E-state index contributed by atoms with van der Waals surface area (Å²) < 4.78 is 1.61. The number of aryl methyl sites for hydroxylation is 1. The lowest BCUT2D eigenvalue weighted by molar-refractivity contribution is 0.929. The van der Waals surface area contributed by atoms with Crippen LogP contribution in [-0.2, 0) is 0 Å². The van der Waals surface area contributed by atoms with Crippen LogP contribution in [0.4, 0.5) is 0 Å². The van der Waals surface area contributed by atoms with E-state index in [0.29, 0.717) is 17.0 Å². The molecule has 0 unspecified atom stereocenters. The topological polar surface area (TPSA) is 54.0 Å². The van der Waals surface area contributed by atoms with E-state index in [1.807, 2.05) is 0 Å². The Hall–Kier alpha value is -1.89. The average molecular weight is 158 g/mol. The number of fused-ring (bicyclic) bond motifs is 1. The van der Waals surface area contributed by atoms with Gasteiger partial charge in [-0.25, -0.2) is 9.50 Å². The van der Waals surface area contributed by atoms with Gasteiger partial charge in [0.05, 0.1) is 5.56 Å². The van der Waals surface area contributed by atoms with Crippen molar-refractivity contribution in [1.82, 2.24) is 14.6 Å². The third-order valence-electron chi connectivity index (χ3n) is 1.59. The van der Waals surface area contributed by atoms with Crippen LogP contribution in [0.2, 0.25) is 0 Å². The predicted octanol–water partition coefficient (Wildman–Crippen LogP) is 0.909. The maximum atomic E-state index is 8.71. The summed E-state index contributed by atoms with van der Waals surface area (Å²) in [6.07, 6.45) is 1.77. The second-order valence-corrected chi connectivity index (χ2v) is 2.46. The van der Waals surface area contributed by atoms with Gasteiger partial charge in [-0.2, -0.15) is 10.4 Å². The maximum absolute atomic E-state index is 8.71. The molecule has 0 fully saturated rings. The highest BCUT2D eigenvalue weighted by Gasteiger charge is 2.02. The summed E-state index contributed by atoms with van der Waals surface area (Å²) >= 11 is 0. The van der Waals surface area contributed by atoms with Crippen molar-refractivity contribution in [1.29, 1.82) is 5.26 Å². The number of aromatic nitrogens is 3. The van der Waals surface area contributed by atoms with Crippen LogP contribution < -0.4 is 0 Å². The van der Waals surface area contributed by atoms with Crippen molar-refractivity contribution in [2.24, 2.45) is 0 Å². The predicted molar refractivity (Wildman–Crippen MR) is 42.4 cm³/mol. The van der Waals surface area contributed by atoms with E-state index < -0.39 is 0 Å². The molecule has 2 aromatic heterocycles. The van der Waals surface area contributed by atoms with Gasteiger partial charge in [0.15, 0.2) is 5.65 Å². The molecule has 0 amide bonds. The quantitative estimate of drug-likeness (QED) is 0.572. The molecule has 4 heteroatoms. The molecular formula is C8H6N4. The summed E-state index contributed by atoms with van der Waals surface area (Å²) in [5.41, 5.74) is 1.18. The molecular weight excluding hydrogens is 152 g/mol. The molecule has 0 bridgehead atoms. The van der Waals surface area contributed by atoms with Gasteiger partial charge in [-0.3, -0.25) is 0 Å². The molecule has 12 heavy (non-hydrogen) atoms. The molecule has 2 heterocycles. The molecule has 0 aromatic carbocycles. The minimum atomic E-state index is 0.554. The van der Waals surface area contributed by atoms with Crippen molar-refractivity contribution in [2.45, 2.75) is 6.92 Å². The first-order chi connectivity index (χ1) is 5.81. The van der Waals surface area contributed by atoms with Gasteiger partial charge in [0.1, 0.15) is 11.9 Å². The summed E-state index contributed by atoms with van der Waals surface area (Å²) in [7, 11) is 0. The molecule has 0 atom stereocenters. The summed E-state index contributed by atoms with van der Waals surface area (Å²) in [6, 6.07) is 5.56. The Morgan fingerprint density at radius 1 is 1.58 bits per heavy atom. The molecule has 0 N–H and O–H groups in total. The van der Waals surface area contributed by atoms with Crippen molar-refractivity contribution < 1.29 is 0 Å². The summed E-state index contributed by atoms with van der Waals surface area (Å²) in [5, 5.41) is 12.8. The number of hydrogen-bond acceptors (Lipinski definition) is 3. The first-order valence-corrected chi connectivity index (χ1v) is 3.53. The summed E-state index contributed by atoms with van der Waals surface area (Å²) in [6.45, 7) is 1.80. The fraction of sp³-hybridized carbons (Fsp3) is 0.125. The number of hydrogen-bond donors (Lipinski definition) is 0. The normalized spacial score (nSPS) is 10.0. The summed E-state index contributed by atoms with van der Waals surface area (Å²) in [4.78, 5) is 4.11. The van der Waals surface area contributed by atoms with E-state index in [-0.39, 0.29) is 0 Å². The molecule has 0 aliphatic carbocycles. The third-order valence-corrected chi connectivity index (χ3v) is 1.59. The average Bonchev–Trinajstić information content (AvgIpc) is 2.44. The van der Waals surface area contributed by atoms with Crippen molar-refractivity contribution in [2.75, 3.05) is 0 Å². The van der Waals surface area contributed by atoms with E-state index in [9.17, 15) is 0 Å². The van der Waals surface area contributed by atoms with Gasteiger partial charge in [-0.05, 0) is 19.1 Å². The van der Waals surface area contributed by atoms with Crippen LogP contribution in [-0.4, -0.2) is 14.6 Å². The number of nitriles is 1. The molecule has 0 aliphatic heterocycles. The standard InChI is InChI=1S/C8H6N4/c1-6-10-8-7(5-9)3-2-4-12(8)11-6/h2-4H,1H3. The van der Waals surface area contributed by atoms with E-state index in [4.69, 9.17) is 5.26 Å². The van der Waals surface area contributed by atoms with Gasteiger partial charge in [0.2, 0.25) is 0 Å². The number of pyridine rings is 1. The Bertz CT molecular complexity index is 463. The highest BCUT2D eigenvalue weighted by Crippen LogP contribution is 2.06. The Balaban J connectivity index is 2.89. The van der Waals surface area contributed by atoms with Crippen LogP contribution in [0.25, 0.3) is 5.65 Å². The minimum absolute atomic E-state index is 0.554. The minimum Gasteiger partial charge on any atom is -0.220 e. The molecule has 0 radical (unpaired) electrons. The maximum Gasteiger partial charge on any atom is 0.173 e. The van der Waals surface area contributed by atoms with E-state index in [1.54, 1.807) is 29.8 Å². The lowest BCUT2D eigenvalue weighted by Gasteiger charge is -1.90. The monoisotopic (exact) mass is 158 g/mol. The third kappa shape index (κ3) is 0.839. The van der Waals surface area contributed by atoms with Crippen LogP contribution in [0.5, 0.6) is 0 Å². The second kappa shape index (κ2) is 2.31. The van der Waals surface area contributed by atoms with Crippen LogP contribution in [0.15, 0.2) is 18.3 Å². The summed E-state index contributed by atoms with van der Waals surface area (Å²) in [5.74, 6) is 0.678. The van der Waals surface area contributed by atoms with Gasteiger partial charge in [0.25, 0.3) is 0 Å². The van der Waals surface area contributed by atoms with Gasteiger partial charge in [-0.15, -0.1) is 0 Å². The first-order valence-electron chi connectivity index (χ1n) is 3.53. The molecule has 0 spiro atoms. The van der Waals surface area contributed by atoms with E-state index in [0.717, 1.165) is 0 Å². The van der Waals surface area contributed by atoms with Crippen molar-refractivity contribution in [3.05, 3.63) is 29.7 Å². The Morgan fingerprint density at radius 2 is 2.42 bits per heavy atom. The van der Waals surface area contributed by atoms with E-state index in [2.05, 4.69) is 16.2 Å². The fourth-order valence-corrected chi connectivity index (χ4v) is 1.10. The first kappa shape index (κ1) is 6.80. The van der Waals surface area contributed by atoms with Crippen LogP contribution in [0.1, 0.15) is 11.4 Å². The van der Waals surface area contributed by atoms with E-state index >= 15 is 0 Å². The zero-order chi connectivity index (χ0) is 8.55. The molecule has 58 valence electrons. The van der Waals surface area contributed by atoms with Crippen LogP contribution >= 0.6 is 0 Å². The SMILES string of the molecule is Cc1nc2c(C#N)cccn2n1. The van der Waals surface area contributed by atoms with Gasteiger partial charge in [0, 0.05) is 6.20 Å². The molecule has 2 rings (SSSR count). The molecule has 4 nitrogen and oxygen atoms in total. The number of rotatable bonds is 0. The van der Waals surface area contributed by atoms with E-state index in [1.165, 1.54) is 0 Å². The smallest absolute Gasteiger partial charge is 0.173 e. The highest BCUT2D eigenvalue weighted by molar-refractivity contribution is 5.53. The zero-order valence-corrected chi connectivity index (χ0v) is 6.52. The lowest BCUT2D eigenvalue weighted by Crippen LogP contribution is -1.88. The Kier molecular flexibility index (Phi) is 1.31. The van der Waals surface area contributed by atoms with Crippen LogP contribution in [0, 0.1) is 18.3 Å². The van der Waals surface area contributed by atoms with Crippen LogP contribution in [0.3, 0.4) is 0 Å². The molecule has 0 saturated carbocycles.